The summed E-state index contributed by atoms with van der Waals surface area (Å²) in [5, 5.41) is 18.5. The summed E-state index contributed by atoms with van der Waals surface area (Å²) < 4.78 is 38.4. The lowest BCUT2D eigenvalue weighted by atomic mass is 9.98. The highest BCUT2D eigenvalue weighted by Gasteiger charge is 2.53. The van der Waals surface area contributed by atoms with Gasteiger partial charge in [0.2, 0.25) is 12.4 Å². The number of carbonyl (C=O) groups excluding carboxylic acids is 5. The molecule has 0 bridgehead atoms. The average Bonchev–Trinajstić information content (AvgIpc) is 2.89. The van der Waals surface area contributed by atoms with Gasteiger partial charge in [0.25, 0.3) is 5.91 Å². The Labute approximate surface area is 236 Å². The molecular weight excluding hydrogens is 550 g/mol. The Morgan fingerprint density at radius 1 is 0.805 bits per heavy atom. The highest BCUT2D eigenvalue weighted by Crippen LogP contribution is 2.35. The van der Waals surface area contributed by atoms with Crippen molar-refractivity contribution in [2.45, 2.75) is 58.4 Å². The summed E-state index contributed by atoms with van der Waals surface area (Å²) >= 11 is 0. The molecule has 228 valence electrons. The van der Waals surface area contributed by atoms with E-state index in [1.165, 1.54) is 30.2 Å². The van der Waals surface area contributed by atoms with Crippen LogP contribution in [0.25, 0.3) is 0 Å². The summed E-state index contributed by atoms with van der Waals surface area (Å²) in [6, 6.07) is 4.12. The maximum atomic E-state index is 12.9. The highest BCUT2D eigenvalue weighted by atomic mass is 16.7. The Bertz CT molecular complexity index is 1090. The smallest absolute Gasteiger partial charge is 0.303 e. The number of carbonyl (C=O) groups is 5. The van der Waals surface area contributed by atoms with E-state index in [2.05, 4.69) is 0 Å². The van der Waals surface area contributed by atoms with E-state index in [1.54, 1.807) is 0 Å². The fraction of sp³-hybridized carbons (Fsp3) is 0.577. The molecule has 0 radical (unpaired) electrons. The highest BCUT2D eigenvalue weighted by molar-refractivity contribution is 5.95. The first-order valence-corrected chi connectivity index (χ1v) is 12.6. The molecule has 15 heteroatoms. The Balaban J connectivity index is 2.50. The Morgan fingerprint density at radius 3 is 1.88 bits per heavy atom. The molecule has 2 rings (SSSR count). The summed E-state index contributed by atoms with van der Waals surface area (Å²) in [5.74, 6) is -3.47. The van der Waals surface area contributed by atoms with Gasteiger partial charge in [-0.25, -0.2) is 0 Å². The van der Waals surface area contributed by atoms with Crippen LogP contribution < -0.4 is 9.47 Å². The fourth-order valence-electron chi connectivity index (χ4n) is 4.05. The lowest BCUT2D eigenvalue weighted by Crippen LogP contribution is -2.63. The molecule has 2 N–H and O–H groups in total. The third-order valence-corrected chi connectivity index (χ3v) is 5.63. The molecule has 4 unspecified atom stereocenters. The molecule has 0 aliphatic carbocycles. The van der Waals surface area contributed by atoms with Crippen LogP contribution in [0.15, 0.2) is 18.2 Å². The maximum Gasteiger partial charge on any atom is 0.303 e. The summed E-state index contributed by atoms with van der Waals surface area (Å²) in [7, 11) is 1.31. The van der Waals surface area contributed by atoms with E-state index >= 15 is 0 Å². The van der Waals surface area contributed by atoms with Crippen molar-refractivity contribution in [1.29, 1.82) is 0 Å². The number of ether oxygens (including phenoxy) is 7. The van der Waals surface area contributed by atoms with Gasteiger partial charge in [-0.05, 0) is 18.2 Å². The summed E-state index contributed by atoms with van der Waals surface area (Å²) in [6.07, 6.45) is -6.99. The quantitative estimate of drug-likeness (QED) is 0.224. The van der Waals surface area contributed by atoms with Gasteiger partial charge < -0.3 is 48.3 Å². The van der Waals surface area contributed by atoms with Crippen LogP contribution in [-0.2, 0) is 42.9 Å². The van der Waals surface area contributed by atoms with Crippen molar-refractivity contribution in [3.8, 4) is 11.5 Å². The van der Waals surface area contributed by atoms with Crippen LogP contribution in [-0.4, -0.2) is 116 Å². The van der Waals surface area contributed by atoms with Crippen molar-refractivity contribution in [1.82, 2.24) is 4.90 Å². The first kappa shape index (κ1) is 33.3. The molecule has 0 saturated carbocycles. The average molecular weight is 586 g/mol. The molecule has 0 aromatic heterocycles. The van der Waals surface area contributed by atoms with Crippen LogP contribution in [0.4, 0.5) is 0 Å². The lowest BCUT2D eigenvalue weighted by molar-refractivity contribution is -0.288. The molecule has 5 atom stereocenters. The van der Waals surface area contributed by atoms with Crippen molar-refractivity contribution in [2.24, 2.45) is 0 Å². The minimum atomic E-state index is -1.51. The number of aliphatic hydroxyl groups excluding tert-OH is 2. The van der Waals surface area contributed by atoms with Gasteiger partial charge in [-0.3, -0.25) is 24.0 Å². The van der Waals surface area contributed by atoms with Gasteiger partial charge in [0.05, 0.1) is 20.3 Å². The summed E-state index contributed by atoms with van der Waals surface area (Å²) in [5.41, 5.74) is 0.151. The molecule has 0 spiro atoms. The monoisotopic (exact) mass is 585 g/mol. The molecular formula is C26H35NO14. The van der Waals surface area contributed by atoms with Crippen LogP contribution in [0, 0.1) is 0 Å². The second kappa shape index (κ2) is 15.7. The number of rotatable bonds is 13. The van der Waals surface area contributed by atoms with Gasteiger partial charge in [0.15, 0.2) is 23.7 Å². The number of methoxy groups -OCH3 is 1. The number of benzene rings is 1. The molecule has 1 heterocycles. The third kappa shape index (κ3) is 9.58. The molecule has 1 fully saturated rings. The topological polar surface area (TPSA) is 194 Å². The first-order chi connectivity index (χ1) is 19.4. The predicted octanol–water partition coefficient (Wildman–Crippen LogP) is -0.416. The van der Waals surface area contributed by atoms with Gasteiger partial charge >= 0.3 is 23.9 Å². The molecule has 1 aliphatic heterocycles. The van der Waals surface area contributed by atoms with E-state index in [9.17, 15) is 34.2 Å². The molecule has 1 aromatic carbocycles. The maximum absolute atomic E-state index is 12.9. The van der Waals surface area contributed by atoms with Gasteiger partial charge in [0, 0.05) is 46.3 Å². The van der Waals surface area contributed by atoms with Crippen molar-refractivity contribution >= 4 is 29.8 Å². The normalized spacial score (nSPS) is 21.7. The van der Waals surface area contributed by atoms with Crippen LogP contribution >= 0.6 is 0 Å². The van der Waals surface area contributed by atoms with Crippen LogP contribution in [0.3, 0.4) is 0 Å². The number of amides is 1. The Kier molecular flexibility index (Phi) is 12.8. The van der Waals surface area contributed by atoms with Crippen LogP contribution in [0.1, 0.15) is 38.1 Å². The van der Waals surface area contributed by atoms with Crippen LogP contribution in [0.5, 0.6) is 11.5 Å². The second-order valence-electron chi connectivity index (χ2n) is 8.79. The number of hydrogen-bond acceptors (Lipinski definition) is 14. The standard InChI is InChI=1S/C26H35NO14/c1-14(30)36-13-21-22(37-15(2)31)23(38-16(3)32)24(39-17(4)33)26(41-21)40-19-7-6-18(12-20(19)35-5)25(34)27(8-10-28)9-11-29/h6-7,12,21-24,26,28-29H,8-11,13H2,1-5H3/t21?,22?,23?,24?,26-/m1/s1. The van der Waals surface area contributed by atoms with E-state index in [-0.39, 0.29) is 43.4 Å². The van der Waals surface area contributed by atoms with Crippen molar-refractivity contribution < 1.29 is 67.3 Å². The Morgan fingerprint density at radius 2 is 1.37 bits per heavy atom. The van der Waals surface area contributed by atoms with Crippen molar-refractivity contribution in [3.63, 3.8) is 0 Å². The first-order valence-electron chi connectivity index (χ1n) is 12.6. The zero-order valence-corrected chi connectivity index (χ0v) is 23.4. The Hall–Kier alpha value is -3.95. The zero-order chi connectivity index (χ0) is 30.7. The lowest BCUT2D eigenvalue weighted by Gasteiger charge is -2.44. The molecule has 15 nitrogen and oxygen atoms in total. The number of aliphatic hydroxyl groups is 2. The molecule has 1 aromatic rings. The van der Waals surface area contributed by atoms with Gasteiger partial charge in [0.1, 0.15) is 12.7 Å². The molecule has 1 saturated heterocycles. The van der Waals surface area contributed by atoms with Gasteiger partial charge in [-0.2, -0.15) is 0 Å². The minimum Gasteiger partial charge on any atom is -0.493 e. The fourth-order valence-corrected chi connectivity index (χ4v) is 4.05. The van der Waals surface area contributed by atoms with E-state index in [1.807, 2.05) is 0 Å². The molecule has 1 aliphatic rings. The van der Waals surface area contributed by atoms with E-state index < -0.39 is 67.1 Å². The second-order valence-corrected chi connectivity index (χ2v) is 8.79. The largest absolute Gasteiger partial charge is 0.493 e. The number of nitrogens with zero attached hydrogens (tertiary/aromatic N) is 1. The van der Waals surface area contributed by atoms with Gasteiger partial charge in [-0.1, -0.05) is 0 Å². The minimum absolute atomic E-state index is 0.00923. The number of esters is 4. The zero-order valence-electron chi connectivity index (χ0n) is 23.4. The van der Waals surface area contributed by atoms with Crippen LogP contribution in [0.2, 0.25) is 0 Å². The van der Waals surface area contributed by atoms with Gasteiger partial charge in [-0.15, -0.1) is 0 Å². The van der Waals surface area contributed by atoms with E-state index in [0.717, 1.165) is 27.7 Å². The SMILES string of the molecule is COc1cc(C(=O)N(CCO)CCO)ccc1O[C@@H]1OC(COC(C)=O)C(OC(C)=O)C(OC(C)=O)C1OC(C)=O. The van der Waals surface area contributed by atoms with Crippen molar-refractivity contribution in [2.75, 3.05) is 40.0 Å². The molecule has 41 heavy (non-hydrogen) atoms. The van der Waals surface area contributed by atoms with Crippen molar-refractivity contribution in [3.05, 3.63) is 23.8 Å². The summed E-state index contributed by atoms with van der Waals surface area (Å²) in [4.78, 5) is 61.6. The number of hydrogen-bond donors (Lipinski definition) is 2. The van der Waals surface area contributed by atoms with E-state index in [4.69, 9.17) is 33.2 Å². The summed E-state index contributed by atoms with van der Waals surface area (Å²) in [6.45, 7) is 3.37. The molecule has 1 amide bonds. The third-order valence-electron chi connectivity index (χ3n) is 5.63. The van der Waals surface area contributed by atoms with E-state index in [0.29, 0.717) is 0 Å². The predicted molar refractivity (Wildman–Crippen MR) is 136 cm³/mol.